The third-order valence-electron chi connectivity index (χ3n) is 3.38. The molecule has 0 radical (unpaired) electrons. The first-order valence-corrected chi connectivity index (χ1v) is 6.95. The molecule has 0 N–H and O–H groups in total. The van der Waals surface area contributed by atoms with Gasteiger partial charge in [-0.05, 0) is 42.8 Å². The van der Waals surface area contributed by atoms with Gasteiger partial charge in [-0.2, -0.15) is 0 Å². The molecular weight excluding hydrogens is 276 g/mol. The third kappa shape index (κ3) is 3.72. The Bertz CT molecular complexity index is 677. The zero-order valence-corrected chi connectivity index (χ0v) is 12.7. The van der Waals surface area contributed by atoms with Crippen molar-refractivity contribution in [1.82, 2.24) is 4.98 Å². The molecule has 4 nitrogen and oxygen atoms in total. The van der Waals surface area contributed by atoms with Gasteiger partial charge in [0.05, 0.1) is 6.54 Å². The lowest BCUT2D eigenvalue weighted by atomic mass is 10.1. The Labute approximate surface area is 130 Å². The molecule has 1 heterocycles. The van der Waals surface area contributed by atoms with Gasteiger partial charge in [0, 0.05) is 30.8 Å². The molecule has 0 bridgehead atoms. The number of aromatic nitrogens is 1. The van der Waals surface area contributed by atoms with Crippen molar-refractivity contribution in [2.24, 2.45) is 0 Å². The summed E-state index contributed by atoms with van der Waals surface area (Å²) in [6, 6.07) is 11.1. The molecule has 0 aliphatic carbocycles. The van der Waals surface area contributed by atoms with E-state index in [1.54, 1.807) is 24.2 Å². The van der Waals surface area contributed by atoms with Crippen LogP contribution in [0.3, 0.4) is 0 Å². The van der Waals surface area contributed by atoms with Crippen LogP contribution in [0.1, 0.15) is 18.1 Å². The first-order chi connectivity index (χ1) is 10.7. The van der Waals surface area contributed by atoms with E-state index in [0.717, 1.165) is 16.8 Å². The smallest absolute Gasteiger partial charge is 0.256 e. The Morgan fingerprint density at radius 1 is 1.36 bits per heavy atom. The number of hydrogen-bond acceptors (Lipinski definition) is 3. The molecule has 1 amide bonds. The highest BCUT2D eigenvalue weighted by Crippen LogP contribution is 2.20. The molecule has 1 atom stereocenters. The second-order valence-electron chi connectivity index (χ2n) is 4.85. The summed E-state index contributed by atoms with van der Waals surface area (Å²) in [6.45, 7) is 2.16. The van der Waals surface area contributed by atoms with Gasteiger partial charge in [0.25, 0.3) is 5.91 Å². The van der Waals surface area contributed by atoms with Crippen LogP contribution in [0.25, 0.3) is 0 Å². The lowest BCUT2D eigenvalue weighted by molar-refractivity contribution is -0.127. The number of carbonyl (C=O) groups is 1. The maximum absolute atomic E-state index is 12.6. The molecule has 0 unspecified atom stereocenters. The highest BCUT2D eigenvalue weighted by atomic mass is 16.5. The number of carbonyl (C=O) groups excluding carboxylic acids is 1. The summed E-state index contributed by atoms with van der Waals surface area (Å²) in [4.78, 5) is 18.3. The topological polar surface area (TPSA) is 42.4 Å². The largest absolute Gasteiger partial charge is 0.372 e. The van der Waals surface area contributed by atoms with Crippen LogP contribution in [0, 0.1) is 12.3 Å². The molecule has 0 saturated heterocycles. The number of amides is 1. The van der Waals surface area contributed by atoms with Crippen molar-refractivity contribution in [1.29, 1.82) is 0 Å². The number of terminal acetylenes is 1. The Balaban J connectivity index is 2.36. The van der Waals surface area contributed by atoms with E-state index in [-0.39, 0.29) is 5.91 Å². The summed E-state index contributed by atoms with van der Waals surface area (Å²) in [6.07, 6.45) is 8.32. The van der Waals surface area contributed by atoms with Crippen molar-refractivity contribution >= 4 is 11.6 Å². The number of pyridine rings is 1. The predicted molar refractivity (Wildman–Crippen MR) is 86.3 cm³/mol. The van der Waals surface area contributed by atoms with Crippen LogP contribution < -0.4 is 4.90 Å². The molecular formula is C18H18N2O2. The van der Waals surface area contributed by atoms with Crippen LogP contribution in [-0.2, 0) is 16.1 Å². The fraction of sp³-hybridized carbons (Fsp3) is 0.222. The van der Waals surface area contributed by atoms with Crippen molar-refractivity contribution in [3.05, 3.63) is 59.9 Å². The summed E-state index contributed by atoms with van der Waals surface area (Å²) in [7, 11) is 1.52. The van der Waals surface area contributed by atoms with E-state index in [9.17, 15) is 4.79 Å². The lowest BCUT2D eigenvalue weighted by Gasteiger charge is -2.25. The summed E-state index contributed by atoms with van der Waals surface area (Å²) in [5, 5.41) is 0. The third-order valence-corrected chi connectivity index (χ3v) is 3.38. The molecule has 1 aromatic heterocycles. The molecule has 22 heavy (non-hydrogen) atoms. The van der Waals surface area contributed by atoms with Crippen molar-refractivity contribution in [2.45, 2.75) is 19.6 Å². The summed E-state index contributed by atoms with van der Waals surface area (Å²) < 4.78 is 5.16. The van der Waals surface area contributed by atoms with Gasteiger partial charge in [-0.3, -0.25) is 9.78 Å². The Hall–Kier alpha value is -2.64. The van der Waals surface area contributed by atoms with E-state index >= 15 is 0 Å². The van der Waals surface area contributed by atoms with Crippen molar-refractivity contribution in [3.8, 4) is 12.3 Å². The molecule has 112 valence electrons. The quantitative estimate of drug-likeness (QED) is 0.796. The zero-order valence-electron chi connectivity index (χ0n) is 12.7. The number of hydrogen-bond donors (Lipinski definition) is 0. The van der Waals surface area contributed by atoms with Crippen LogP contribution >= 0.6 is 0 Å². The van der Waals surface area contributed by atoms with Crippen molar-refractivity contribution in [3.63, 3.8) is 0 Å². The summed E-state index contributed by atoms with van der Waals surface area (Å²) >= 11 is 0. The van der Waals surface area contributed by atoms with E-state index in [2.05, 4.69) is 10.9 Å². The van der Waals surface area contributed by atoms with Gasteiger partial charge in [0.2, 0.25) is 0 Å². The minimum absolute atomic E-state index is 0.117. The zero-order chi connectivity index (χ0) is 15.9. The van der Waals surface area contributed by atoms with E-state index in [1.807, 2.05) is 36.4 Å². The fourth-order valence-electron chi connectivity index (χ4n) is 2.05. The minimum Gasteiger partial charge on any atom is -0.372 e. The summed E-state index contributed by atoms with van der Waals surface area (Å²) in [5.74, 6) is 2.47. The second-order valence-corrected chi connectivity index (χ2v) is 4.85. The number of benzene rings is 1. The number of methoxy groups -OCH3 is 1. The maximum Gasteiger partial charge on any atom is 0.256 e. The minimum atomic E-state index is -0.531. The van der Waals surface area contributed by atoms with Gasteiger partial charge >= 0.3 is 0 Å². The Morgan fingerprint density at radius 3 is 2.73 bits per heavy atom. The average Bonchev–Trinajstić information content (AvgIpc) is 2.59. The Morgan fingerprint density at radius 2 is 2.09 bits per heavy atom. The maximum atomic E-state index is 12.6. The molecule has 2 rings (SSSR count). The molecule has 2 aromatic rings. The van der Waals surface area contributed by atoms with Crippen LogP contribution in [0.4, 0.5) is 5.69 Å². The molecule has 0 aliphatic rings. The molecule has 4 heteroatoms. The van der Waals surface area contributed by atoms with Crippen LogP contribution in [0.2, 0.25) is 0 Å². The molecule has 0 spiro atoms. The van der Waals surface area contributed by atoms with Gasteiger partial charge in [-0.15, -0.1) is 6.42 Å². The molecule has 0 fully saturated rings. The van der Waals surface area contributed by atoms with E-state index in [4.69, 9.17) is 11.2 Å². The van der Waals surface area contributed by atoms with E-state index in [0.29, 0.717) is 6.54 Å². The normalized spacial score (nSPS) is 11.5. The Kier molecular flexibility index (Phi) is 5.29. The van der Waals surface area contributed by atoms with Crippen LogP contribution in [0.15, 0.2) is 48.8 Å². The van der Waals surface area contributed by atoms with Crippen molar-refractivity contribution in [2.75, 3.05) is 12.0 Å². The predicted octanol–water partition coefficient (Wildman–Crippen LogP) is 2.63. The first-order valence-electron chi connectivity index (χ1n) is 6.95. The van der Waals surface area contributed by atoms with Crippen molar-refractivity contribution < 1.29 is 9.53 Å². The second kappa shape index (κ2) is 7.39. The SMILES string of the molecule is C#Cc1cccc(N(Cc2ccncc2)C(=O)[C@@H](C)OC)c1. The summed E-state index contributed by atoms with van der Waals surface area (Å²) in [5.41, 5.74) is 2.47. The van der Waals surface area contributed by atoms with Gasteiger partial charge in [-0.25, -0.2) is 0 Å². The van der Waals surface area contributed by atoms with Gasteiger partial charge in [-0.1, -0.05) is 12.0 Å². The van der Waals surface area contributed by atoms with Crippen LogP contribution in [0.5, 0.6) is 0 Å². The number of anilines is 1. The molecule has 1 aromatic carbocycles. The monoisotopic (exact) mass is 294 g/mol. The fourth-order valence-corrected chi connectivity index (χ4v) is 2.05. The standard InChI is InChI=1S/C18H18N2O2/c1-4-15-6-5-7-17(12-15)20(18(21)14(2)22-3)13-16-8-10-19-11-9-16/h1,5-12,14H,13H2,2-3H3/t14-/m1/s1. The average molecular weight is 294 g/mol. The highest BCUT2D eigenvalue weighted by molar-refractivity contribution is 5.96. The van der Waals surface area contributed by atoms with E-state index < -0.39 is 6.10 Å². The van der Waals surface area contributed by atoms with Crippen LogP contribution in [-0.4, -0.2) is 24.1 Å². The molecule has 0 aliphatic heterocycles. The highest BCUT2D eigenvalue weighted by Gasteiger charge is 2.22. The van der Waals surface area contributed by atoms with E-state index in [1.165, 1.54) is 7.11 Å². The first kappa shape index (κ1) is 15.7. The van der Waals surface area contributed by atoms with Gasteiger partial charge < -0.3 is 9.64 Å². The number of ether oxygens (including phenoxy) is 1. The number of rotatable bonds is 5. The van der Waals surface area contributed by atoms with Gasteiger partial charge in [0.1, 0.15) is 6.10 Å². The lowest BCUT2D eigenvalue weighted by Crippen LogP contribution is -2.38. The van der Waals surface area contributed by atoms with Gasteiger partial charge in [0.15, 0.2) is 0 Å². The molecule has 0 saturated carbocycles. The number of nitrogens with zero attached hydrogens (tertiary/aromatic N) is 2.